The van der Waals surface area contributed by atoms with Gasteiger partial charge in [0, 0.05) is 37.1 Å². The van der Waals surface area contributed by atoms with E-state index in [1.54, 1.807) is 24.8 Å². The molecule has 157 valence electrons. The van der Waals surface area contributed by atoms with E-state index in [1.807, 2.05) is 72.8 Å². The molecule has 1 radical (unpaired) electrons. The average Bonchev–Trinajstić information content (AvgIpc) is 3.24. The number of para-hydroxylation sites is 1. The monoisotopic (exact) mass is 592 g/mol. The summed E-state index contributed by atoms with van der Waals surface area (Å²) in [6.07, 6.45) is 6.94. The predicted octanol–water partition coefficient (Wildman–Crippen LogP) is 6.39. The normalized spacial score (nSPS) is 10.2. The molecule has 6 rings (SSSR count). The molecular weight excluding hydrogens is 575 g/mol. The number of furan rings is 1. The zero-order chi connectivity index (χ0) is 20.9. The Labute approximate surface area is 199 Å². The Hall–Kier alpha value is -3.66. The van der Waals surface area contributed by atoms with Crippen LogP contribution in [0.15, 0.2) is 108 Å². The van der Waals surface area contributed by atoms with Crippen LogP contribution in [0.5, 0.6) is 0 Å². The Morgan fingerprint density at radius 3 is 2.28 bits per heavy atom. The van der Waals surface area contributed by atoms with E-state index in [4.69, 9.17) is 4.42 Å². The molecule has 0 amide bonds. The molecule has 0 aliphatic carbocycles. The Bertz CT molecular complexity index is 1380. The van der Waals surface area contributed by atoms with E-state index in [2.05, 4.69) is 33.2 Å². The minimum absolute atomic E-state index is 0. The Kier molecular flexibility index (Phi) is 6.81. The fourth-order valence-electron chi connectivity index (χ4n) is 3.33. The molecule has 0 atom stereocenters. The van der Waals surface area contributed by atoms with Gasteiger partial charge in [-0.05, 0) is 35.9 Å². The number of hydrogen-bond donors (Lipinski definition) is 0. The zero-order valence-electron chi connectivity index (χ0n) is 16.9. The minimum Gasteiger partial charge on any atom is -0.455 e. The van der Waals surface area contributed by atoms with E-state index in [9.17, 15) is 0 Å². The molecule has 0 bridgehead atoms. The van der Waals surface area contributed by atoms with Crippen molar-refractivity contribution in [1.82, 2.24) is 15.0 Å². The van der Waals surface area contributed by atoms with Gasteiger partial charge >= 0.3 is 0 Å². The second-order valence-corrected chi connectivity index (χ2v) is 6.81. The van der Waals surface area contributed by atoms with Crippen molar-refractivity contribution in [1.29, 1.82) is 0 Å². The number of aromatic nitrogens is 3. The molecule has 4 aromatic heterocycles. The van der Waals surface area contributed by atoms with Crippen LogP contribution in [0.2, 0.25) is 0 Å². The molecule has 0 spiro atoms. The number of fused-ring (bicyclic) bond motifs is 3. The third kappa shape index (κ3) is 4.65. The fourth-order valence-corrected chi connectivity index (χ4v) is 3.33. The smallest absolute Gasteiger partial charge is 0.151 e. The molecule has 0 unspecified atom stereocenters. The van der Waals surface area contributed by atoms with Crippen LogP contribution in [0.4, 0.5) is 0 Å². The van der Waals surface area contributed by atoms with Crippen molar-refractivity contribution in [3.05, 3.63) is 116 Å². The van der Waals surface area contributed by atoms with Crippen LogP contribution >= 0.6 is 0 Å². The van der Waals surface area contributed by atoms with Gasteiger partial charge in [-0.3, -0.25) is 4.98 Å². The summed E-state index contributed by atoms with van der Waals surface area (Å²) in [6.45, 7) is 0. The van der Waals surface area contributed by atoms with Gasteiger partial charge in [0.15, 0.2) is 5.58 Å². The molecule has 0 aliphatic rings. The fraction of sp³-hybridized carbons (Fsp3) is 0. The molecule has 0 saturated heterocycles. The van der Waals surface area contributed by atoms with Gasteiger partial charge in [-0.1, -0.05) is 36.4 Å². The number of pyridine rings is 3. The molecule has 0 aliphatic heterocycles. The minimum atomic E-state index is 0. The maximum Gasteiger partial charge on any atom is 0.151 e. The standard InChI is InChI=1S/C16H9N2O.C11H8N.Ir/c1-2-4-15-12(3-1)13-9-14(18-10-16(13)19-15)11-5-7-17-8-6-11;1-2-6-10(7-3-1)11-8-4-5-9-12-11;/h1-5,7-10H;1-6,8-9H;/q2*-1;. The van der Waals surface area contributed by atoms with Crippen LogP contribution in [0.1, 0.15) is 0 Å². The van der Waals surface area contributed by atoms with E-state index < -0.39 is 0 Å². The van der Waals surface area contributed by atoms with E-state index in [0.717, 1.165) is 44.5 Å². The predicted molar refractivity (Wildman–Crippen MR) is 122 cm³/mol. The van der Waals surface area contributed by atoms with Crippen LogP contribution in [0.3, 0.4) is 0 Å². The summed E-state index contributed by atoms with van der Waals surface area (Å²) in [4.78, 5) is 12.6. The number of benzene rings is 2. The molecular formula is C27H17IrN3O-2. The molecule has 4 heterocycles. The first-order valence-electron chi connectivity index (χ1n) is 9.86. The van der Waals surface area contributed by atoms with E-state index in [0.29, 0.717) is 0 Å². The number of nitrogens with zero attached hydrogens (tertiary/aromatic N) is 3. The molecule has 0 saturated carbocycles. The first kappa shape index (κ1) is 21.6. The van der Waals surface area contributed by atoms with E-state index in [-0.39, 0.29) is 20.1 Å². The molecule has 2 aromatic carbocycles. The number of rotatable bonds is 2. The number of hydrogen-bond acceptors (Lipinski definition) is 4. The summed E-state index contributed by atoms with van der Waals surface area (Å²) in [5.74, 6) is 0. The molecule has 0 fully saturated rings. The van der Waals surface area contributed by atoms with Crippen molar-refractivity contribution in [3.8, 4) is 22.5 Å². The summed E-state index contributed by atoms with van der Waals surface area (Å²) < 4.78 is 5.76. The first-order chi connectivity index (χ1) is 15.4. The van der Waals surface area contributed by atoms with Crippen LogP contribution < -0.4 is 0 Å². The average molecular weight is 592 g/mol. The van der Waals surface area contributed by atoms with Crippen molar-refractivity contribution in [2.75, 3.05) is 0 Å². The Morgan fingerprint density at radius 1 is 0.656 bits per heavy atom. The van der Waals surface area contributed by atoms with Gasteiger partial charge in [0.25, 0.3) is 0 Å². The largest absolute Gasteiger partial charge is 0.455 e. The second-order valence-electron chi connectivity index (χ2n) is 6.81. The summed E-state index contributed by atoms with van der Waals surface area (Å²) >= 11 is 0. The summed E-state index contributed by atoms with van der Waals surface area (Å²) in [6, 6.07) is 31.8. The van der Waals surface area contributed by atoms with E-state index >= 15 is 0 Å². The van der Waals surface area contributed by atoms with Gasteiger partial charge in [0.05, 0.1) is 6.20 Å². The quantitative estimate of drug-likeness (QED) is 0.219. The van der Waals surface area contributed by atoms with Crippen LogP contribution in [-0.4, -0.2) is 15.0 Å². The maximum atomic E-state index is 5.76. The van der Waals surface area contributed by atoms with E-state index in [1.165, 1.54) is 0 Å². The second kappa shape index (κ2) is 10.1. The third-order valence-electron chi connectivity index (χ3n) is 4.81. The van der Waals surface area contributed by atoms with Gasteiger partial charge in [-0.2, -0.15) is 11.6 Å². The van der Waals surface area contributed by atoms with Crippen molar-refractivity contribution < 1.29 is 24.5 Å². The van der Waals surface area contributed by atoms with Crippen LogP contribution in [-0.2, 0) is 20.1 Å². The van der Waals surface area contributed by atoms with Crippen LogP contribution in [0, 0.1) is 12.1 Å². The van der Waals surface area contributed by atoms with Gasteiger partial charge in [0.2, 0.25) is 0 Å². The Balaban J connectivity index is 0.000000164. The summed E-state index contributed by atoms with van der Waals surface area (Å²) in [5.41, 5.74) is 5.51. The van der Waals surface area contributed by atoms with Gasteiger partial charge < -0.3 is 14.4 Å². The van der Waals surface area contributed by atoms with Crippen molar-refractivity contribution in [2.24, 2.45) is 0 Å². The van der Waals surface area contributed by atoms with Crippen molar-refractivity contribution in [3.63, 3.8) is 0 Å². The zero-order valence-corrected chi connectivity index (χ0v) is 19.3. The van der Waals surface area contributed by atoms with Gasteiger partial charge in [-0.25, -0.2) is 0 Å². The molecule has 0 N–H and O–H groups in total. The summed E-state index contributed by atoms with van der Waals surface area (Å²) in [5, 5.41) is 2.18. The Morgan fingerprint density at radius 2 is 1.50 bits per heavy atom. The summed E-state index contributed by atoms with van der Waals surface area (Å²) in [7, 11) is 0. The van der Waals surface area contributed by atoms with Gasteiger partial charge in [-0.15, -0.1) is 42.0 Å². The third-order valence-corrected chi connectivity index (χ3v) is 4.81. The molecule has 5 heteroatoms. The van der Waals surface area contributed by atoms with Crippen molar-refractivity contribution in [2.45, 2.75) is 0 Å². The topological polar surface area (TPSA) is 51.8 Å². The molecule has 32 heavy (non-hydrogen) atoms. The SMILES string of the molecule is [Ir].[c-]1ccccc1-c1ccccn1.[c-]1cnccc1-c1cc2c(cn1)oc1ccccc12. The first-order valence-corrected chi connectivity index (χ1v) is 9.86. The van der Waals surface area contributed by atoms with Crippen molar-refractivity contribution >= 4 is 21.9 Å². The van der Waals surface area contributed by atoms with Gasteiger partial charge in [0.1, 0.15) is 5.58 Å². The maximum absolute atomic E-state index is 5.76. The molecule has 4 nitrogen and oxygen atoms in total. The van der Waals surface area contributed by atoms with Crippen LogP contribution in [0.25, 0.3) is 44.5 Å². The molecule has 6 aromatic rings.